The van der Waals surface area contributed by atoms with E-state index in [1.165, 1.54) is 12.4 Å². The average molecular weight is 121 g/mol. The third-order valence-corrected chi connectivity index (χ3v) is 0.886. The van der Waals surface area contributed by atoms with Gasteiger partial charge < -0.3 is 0 Å². The fourth-order valence-electron chi connectivity index (χ4n) is 0.445. The highest BCUT2D eigenvalue weighted by molar-refractivity contribution is 5.71. The Labute approximate surface area is 52.8 Å². The molecule has 0 aromatic carbocycles. The van der Waals surface area contributed by atoms with Crippen LogP contribution in [0.1, 0.15) is 11.4 Å². The summed E-state index contributed by atoms with van der Waals surface area (Å²) in [4.78, 5) is 17.4. The van der Waals surface area contributed by atoms with Crippen LogP contribution in [0, 0.1) is 6.92 Å². The molecular weight excluding hydrogens is 116 g/mol. The van der Waals surface area contributed by atoms with E-state index in [9.17, 15) is 4.79 Å². The summed E-state index contributed by atoms with van der Waals surface area (Å²) in [7, 11) is 0. The van der Waals surface area contributed by atoms with E-state index in [0.717, 1.165) is 5.69 Å². The summed E-state index contributed by atoms with van der Waals surface area (Å²) in [6.07, 6.45) is 4.55. The molecule has 1 heterocycles. The van der Waals surface area contributed by atoms with Crippen LogP contribution in [0.25, 0.3) is 0 Å². The van der Waals surface area contributed by atoms with Crippen LogP contribution in [-0.2, 0) is 4.79 Å². The smallest absolute Gasteiger partial charge is 0.255 e. The summed E-state index contributed by atoms with van der Waals surface area (Å²) >= 11 is 0. The number of hydrogen-bond donors (Lipinski definition) is 0. The van der Waals surface area contributed by atoms with Crippen LogP contribution >= 0.6 is 0 Å². The van der Waals surface area contributed by atoms with Gasteiger partial charge in [-0.2, -0.15) is 0 Å². The number of nitrogens with zero attached hydrogens (tertiary/aromatic N) is 2. The standard InChI is InChI=1S/C6H5N2O/c1-5-2-8-6(4-9)3-7-5/h2-3H,1H3. The van der Waals surface area contributed by atoms with Crippen LogP contribution in [0.15, 0.2) is 12.4 Å². The molecule has 3 nitrogen and oxygen atoms in total. The SMILES string of the molecule is Cc1cnc([C]=O)cn1. The lowest BCUT2D eigenvalue weighted by atomic mass is 10.4. The molecule has 0 fully saturated rings. The fraction of sp³-hybridized carbons (Fsp3) is 0.167. The highest BCUT2D eigenvalue weighted by Crippen LogP contribution is 1.88. The zero-order valence-electron chi connectivity index (χ0n) is 4.96. The van der Waals surface area contributed by atoms with E-state index < -0.39 is 0 Å². The molecule has 0 saturated carbocycles. The van der Waals surface area contributed by atoms with Crippen LogP contribution in [0.3, 0.4) is 0 Å². The molecule has 0 N–H and O–H groups in total. The van der Waals surface area contributed by atoms with Crippen LogP contribution in [0.5, 0.6) is 0 Å². The van der Waals surface area contributed by atoms with Crippen molar-refractivity contribution < 1.29 is 4.79 Å². The molecule has 0 atom stereocenters. The summed E-state index contributed by atoms with van der Waals surface area (Å²) in [6, 6.07) is 0. The molecule has 9 heavy (non-hydrogen) atoms. The van der Waals surface area contributed by atoms with Gasteiger partial charge in [0.2, 0.25) is 0 Å². The molecule has 1 aromatic heterocycles. The Kier molecular flexibility index (Phi) is 1.53. The van der Waals surface area contributed by atoms with Crippen molar-refractivity contribution in [1.82, 2.24) is 9.97 Å². The average Bonchev–Trinajstić information content (AvgIpc) is 1.90. The van der Waals surface area contributed by atoms with E-state index in [0.29, 0.717) is 0 Å². The molecule has 0 aliphatic heterocycles. The van der Waals surface area contributed by atoms with E-state index in [4.69, 9.17) is 0 Å². The van der Waals surface area contributed by atoms with Crippen molar-refractivity contribution in [2.45, 2.75) is 6.92 Å². The largest absolute Gasteiger partial charge is 0.283 e. The van der Waals surface area contributed by atoms with Gasteiger partial charge in [0, 0.05) is 6.20 Å². The van der Waals surface area contributed by atoms with Crippen LogP contribution in [0.4, 0.5) is 0 Å². The molecule has 1 radical (unpaired) electrons. The molecule has 3 heteroatoms. The second kappa shape index (κ2) is 2.35. The lowest BCUT2D eigenvalue weighted by Gasteiger charge is -1.87. The normalized spacial score (nSPS) is 9.00. The summed E-state index contributed by atoms with van der Waals surface area (Å²) in [5.41, 5.74) is 1.05. The minimum absolute atomic E-state index is 0.251. The molecule has 0 aliphatic rings. The van der Waals surface area contributed by atoms with Crippen molar-refractivity contribution in [2.24, 2.45) is 0 Å². The predicted octanol–water partition coefficient (Wildman–Crippen LogP) is 0.243. The van der Waals surface area contributed by atoms with Gasteiger partial charge in [0.1, 0.15) is 5.69 Å². The van der Waals surface area contributed by atoms with E-state index in [1.54, 1.807) is 6.29 Å². The molecule has 0 saturated heterocycles. The third kappa shape index (κ3) is 1.32. The highest BCUT2D eigenvalue weighted by Gasteiger charge is 1.89. The first-order valence-corrected chi connectivity index (χ1v) is 2.50. The van der Waals surface area contributed by atoms with Crippen LogP contribution < -0.4 is 0 Å². The Bertz CT molecular complexity index is 205. The maximum Gasteiger partial charge on any atom is 0.255 e. The summed E-state index contributed by atoms with van der Waals surface area (Å²) < 4.78 is 0. The molecule has 0 amide bonds. The zero-order valence-corrected chi connectivity index (χ0v) is 4.96. The molecule has 0 unspecified atom stereocenters. The molecule has 0 bridgehead atoms. The van der Waals surface area contributed by atoms with Crippen molar-refractivity contribution >= 4 is 6.29 Å². The molecular formula is C6H5N2O. The van der Waals surface area contributed by atoms with Crippen molar-refractivity contribution in [2.75, 3.05) is 0 Å². The quantitative estimate of drug-likeness (QED) is 0.534. The Morgan fingerprint density at radius 2 is 2.22 bits per heavy atom. The topological polar surface area (TPSA) is 42.9 Å². The maximum atomic E-state index is 9.89. The van der Waals surface area contributed by atoms with E-state index >= 15 is 0 Å². The molecule has 45 valence electrons. The van der Waals surface area contributed by atoms with Gasteiger partial charge in [0.15, 0.2) is 0 Å². The lowest BCUT2D eigenvalue weighted by molar-refractivity contribution is 0.561. The van der Waals surface area contributed by atoms with Gasteiger partial charge >= 0.3 is 0 Å². The second-order valence-corrected chi connectivity index (χ2v) is 1.65. The Balaban J connectivity index is 3.01. The van der Waals surface area contributed by atoms with E-state index in [-0.39, 0.29) is 5.69 Å². The Hall–Kier alpha value is -1.25. The summed E-state index contributed by atoms with van der Waals surface area (Å²) in [5.74, 6) is 0. The first-order valence-electron chi connectivity index (χ1n) is 2.50. The van der Waals surface area contributed by atoms with Gasteiger partial charge in [-0.1, -0.05) is 0 Å². The Morgan fingerprint density at radius 1 is 1.44 bits per heavy atom. The molecule has 0 aliphatic carbocycles. The summed E-state index contributed by atoms with van der Waals surface area (Å²) in [5, 5.41) is 0. The van der Waals surface area contributed by atoms with Crippen molar-refractivity contribution in [3.8, 4) is 0 Å². The highest BCUT2D eigenvalue weighted by atomic mass is 16.1. The first kappa shape index (κ1) is 5.88. The van der Waals surface area contributed by atoms with Gasteiger partial charge in [0.05, 0.1) is 11.9 Å². The van der Waals surface area contributed by atoms with Gasteiger partial charge in [0.25, 0.3) is 6.29 Å². The minimum Gasteiger partial charge on any atom is -0.283 e. The van der Waals surface area contributed by atoms with Gasteiger partial charge in [-0.3, -0.25) is 9.78 Å². The van der Waals surface area contributed by atoms with Crippen LogP contribution in [-0.4, -0.2) is 16.3 Å². The third-order valence-electron chi connectivity index (χ3n) is 0.886. The second-order valence-electron chi connectivity index (χ2n) is 1.65. The van der Waals surface area contributed by atoms with Crippen molar-refractivity contribution in [1.29, 1.82) is 0 Å². The minimum atomic E-state index is 0.251. The van der Waals surface area contributed by atoms with Gasteiger partial charge in [-0.15, -0.1) is 0 Å². The van der Waals surface area contributed by atoms with Crippen molar-refractivity contribution in [3.05, 3.63) is 23.8 Å². The van der Waals surface area contributed by atoms with Gasteiger partial charge in [-0.25, -0.2) is 4.98 Å². The van der Waals surface area contributed by atoms with Crippen LogP contribution in [0.2, 0.25) is 0 Å². The number of aromatic nitrogens is 2. The molecule has 1 rings (SSSR count). The van der Waals surface area contributed by atoms with Crippen molar-refractivity contribution in [3.63, 3.8) is 0 Å². The number of hydrogen-bond acceptors (Lipinski definition) is 3. The monoisotopic (exact) mass is 121 g/mol. The molecule has 1 aromatic rings. The molecule has 0 spiro atoms. The lowest BCUT2D eigenvalue weighted by Crippen LogP contribution is -1.89. The van der Waals surface area contributed by atoms with Gasteiger partial charge in [-0.05, 0) is 6.92 Å². The van der Waals surface area contributed by atoms with E-state index in [2.05, 4.69) is 9.97 Å². The summed E-state index contributed by atoms with van der Waals surface area (Å²) in [6.45, 7) is 1.81. The zero-order chi connectivity index (χ0) is 6.69. The Morgan fingerprint density at radius 3 is 2.67 bits per heavy atom. The number of carbonyl (C=O) groups excluding carboxylic acids is 1. The number of rotatable bonds is 1. The maximum absolute atomic E-state index is 9.89. The predicted molar refractivity (Wildman–Crippen MR) is 31.6 cm³/mol. The first-order chi connectivity index (χ1) is 4.33. The number of aryl methyl sites for hydroxylation is 1. The van der Waals surface area contributed by atoms with E-state index in [1.807, 2.05) is 6.92 Å². The fourth-order valence-corrected chi connectivity index (χ4v) is 0.445.